The van der Waals surface area contributed by atoms with Crippen LogP contribution >= 0.6 is 0 Å². The van der Waals surface area contributed by atoms with Crippen LogP contribution in [0.2, 0.25) is 0 Å². The standard InChI is InChI=1S/C47H31N3O2/c1-2-9-29-25-33(20-16-28(29)8-1)45-48-46(50-47(49-45)35-22-23-42-39(27-35)37-10-3-5-13-40(37)51-42)34-21-18-30-24-32(19-17-31(30)26-34)36-12-7-15-43-44(36)38-11-4-6-14-41(38)52-43/h1-21,24-29H,22-23H2. The largest absolute Gasteiger partial charge is 0.460 e. The predicted molar refractivity (Wildman–Crippen MR) is 210 cm³/mol. The van der Waals surface area contributed by atoms with Gasteiger partial charge in [-0.25, -0.2) is 15.0 Å². The average Bonchev–Trinajstić information content (AvgIpc) is 3.78. The first kappa shape index (κ1) is 29.2. The molecule has 3 heterocycles. The minimum Gasteiger partial charge on any atom is -0.460 e. The van der Waals surface area contributed by atoms with Gasteiger partial charge in [-0.2, -0.15) is 0 Å². The fourth-order valence-electron chi connectivity index (χ4n) is 8.10. The molecule has 0 amide bonds. The zero-order valence-electron chi connectivity index (χ0n) is 28.2. The number of nitrogens with zero attached hydrogens (tertiary/aromatic N) is 3. The predicted octanol–water partition coefficient (Wildman–Crippen LogP) is 11.8. The Bertz CT molecular complexity index is 2930. The average molecular weight is 670 g/mol. The Balaban J connectivity index is 1.03. The van der Waals surface area contributed by atoms with Gasteiger partial charge in [0.05, 0.1) is 0 Å². The smallest absolute Gasteiger partial charge is 0.164 e. The van der Waals surface area contributed by atoms with Gasteiger partial charge >= 0.3 is 0 Å². The van der Waals surface area contributed by atoms with Crippen LogP contribution in [0.4, 0.5) is 0 Å². The molecule has 0 saturated heterocycles. The lowest BCUT2D eigenvalue weighted by molar-refractivity contribution is 0.547. The molecule has 3 aromatic heterocycles. The van der Waals surface area contributed by atoms with Crippen molar-refractivity contribution in [2.45, 2.75) is 12.8 Å². The maximum Gasteiger partial charge on any atom is 0.164 e. The van der Waals surface area contributed by atoms with Crippen LogP contribution in [-0.2, 0) is 6.42 Å². The van der Waals surface area contributed by atoms with Crippen LogP contribution in [0.5, 0.6) is 0 Å². The zero-order valence-corrected chi connectivity index (χ0v) is 28.2. The molecule has 5 aromatic carbocycles. The van der Waals surface area contributed by atoms with Crippen molar-refractivity contribution in [1.29, 1.82) is 0 Å². The van der Waals surface area contributed by atoms with Crippen LogP contribution in [0.15, 0.2) is 154 Å². The van der Waals surface area contributed by atoms with E-state index in [2.05, 4.69) is 121 Å². The van der Waals surface area contributed by atoms with Crippen LogP contribution in [0.3, 0.4) is 0 Å². The second kappa shape index (κ2) is 11.5. The summed E-state index contributed by atoms with van der Waals surface area (Å²) in [5, 5.41) is 5.67. The summed E-state index contributed by atoms with van der Waals surface area (Å²) in [6.45, 7) is 0. The fourth-order valence-corrected chi connectivity index (χ4v) is 8.10. The van der Waals surface area contributed by atoms with Crippen molar-refractivity contribution in [1.82, 2.24) is 15.0 Å². The van der Waals surface area contributed by atoms with Crippen LogP contribution in [-0.4, -0.2) is 15.0 Å². The second-order valence-electron chi connectivity index (χ2n) is 13.9. The van der Waals surface area contributed by atoms with Crippen molar-refractivity contribution < 1.29 is 8.83 Å². The lowest BCUT2D eigenvalue weighted by Crippen LogP contribution is -2.13. The highest BCUT2D eigenvalue weighted by Gasteiger charge is 2.24. The van der Waals surface area contributed by atoms with Gasteiger partial charge in [0, 0.05) is 51.1 Å². The molecule has 3 aliphatic carbocycles. The van der Waals surface area contributed by atoms with Crippen LogP contribution in [0, 0.1) is 11.8 Å². The van der Waals surface area contributed by atoms with Gasteiger partial charge in [0.15, 0.2) is 17.5 Å². The van der Waals surface area contributed by atoms with Crippen LogP contribution < -0.4 is 0 Å². The molecule has 11 rings (SSSR count). The number of hydrogen-bond donors (Lipinski definition) is 0. The van der Waals surface area contributed by atoms with E-state index in [0.717, 1.165) is 95.7 Å². The summed E-state index contributed by atoms with van der Waals surface area (Å²) in [6, 6.07) is 36.0. The normalized spacial score (nSPS) is 17.8. The van der Waals surface area contributed by atoms with E-state index in [-0.39, 0.29) is 5.92 Å². The number of hydrogen-bond acceptors (Lipinski definition) is 5. The summed E-state index contributed by atoms with van der Waals surface area (Å²) in [5.41, 5.74) is 9.22. The maximum atomic E-state index is 6.22. The van der Waals surface area contributed by atoms with Crippen molar-refractivity contribution in [2.75, 3.05) is 0 Å². The molecule has 2 unspecified atom stereocenters. The van der Waals surface area contributed by atoms with Gasteiger partial charge in [-0.05, 0) is 70.3 Å². The van der Waals surface area contributed by atoms with E-state index in [1.165, 1.54) is 0 Å². The van der Waals surface area contributed by atoms with E-state index < -0.39 is 0 Å². The molecule has 3 aliphatic rings. The van der Waals surface area contributed by atoms with Crippen molar-refractivity contribution >= 4 is 60.9 Å². The minimum absolute atomic E-state index is 0.281. The molecule has 0 N–H and O–H groups in total. The molecule has 5 nitrogen and oxygen atoms in total. The number of rotatable bonds is 4. The third kappa shape index (κ3) is 4.74. The second-order valence-corrected chi connectivity index (χ2v) is 13.9. The first-order valence-electron chi connectivity index (χ1n) is 17.9. The van der Waals surface area contributed by atoms with Gasteiger partial charge in [0.25, 0.3) is 0 Å². The van der Waals surface area contributed by atoms with Crippen molar-refractivity contribution in [3.05, 3.63) is 169 Å². The number of fused-ring (bicyclic) bond motifs is 8. The quantitative estimate of drug-likeness (QED) is 0.187. The third-order valence-corrected chi connectivity index (χ3v) is 10.7. The molecular formula is C47H31N3O2. The molecule has 0 bridgehead atoms. The molecule has 246 valence electrons. The summed E-state index contributed by atoms with van der Waals surface area (Å²) in [6.07, 6.45) is 19.3. The van der Waals surface area contributed by atoms with Gasteiger partial charge in [0.1, 0.15) is 22.5 Å². The number of aryl methyl sites for hydroxylation is 1. The van der Waals surface area contributed by atoms with E-state index in [4.69, 9.17) is 23.8 Å². The molecule has 8 aromatic rings. The molecular weight excluding hydrogens is 639 g/mol. The van der Waals surface area contributed by atoms with Crippen molar-refractivity contribution in [2.24, 2.45) is 11.8 Å². The number of para-hydroxylation sites is 2. The van der Waals surface area contributed by atoms with Crippen LogP contribution in [0.25, 0.3) is 83.4 Å². The lowest BCUT2D eigenvalue weighted by Gasteiger charge is -2.23. The van der Waals surface area contributed by atoms with E-state index in [0.29, 0.717) is 23.4 Å². The molecule has 0 spiro atoms. The Morgan fingerprint density at radius 1 is 0.558 bits per heavy atom. The Hall–Kier alpha value is -6.59. The molecule has 52 heavy (non-hydrogen) atoms. The van der Waals surface area contributed by atoms with E-state index in [1.807, 2.05) is 30.3 Å². The fraction of sp³-hybridized carbons (Fsp3) is 0.0851. The summed E-state index contributed by atoms with van der Waals surface area (Å²) in [5.74, 6) is 3.72. The highest BCUT2D eigenvalue weighted by atomic mass is 16.3. The van der Waals surface area contributed by atoms with Crippen molar-refractivity contribution in [3.8, 4) is 22.5 Å². The van der Waals surface area contributed by atoms with E-state index >= 15 is 0 Å². The number of allylic oxidation sites excluding steroid dienone is 9. The highest BCUT2D eigenvalue weighted by molar-refractivity contribution is 6.13. The topological polar surface area (TPSA) is 65.0 Å². The zero-order chi connectivity index (χ0) is 34.2. The van der Waals surface area contributed by atoms with Gasteiger partial charge < -0.3 is 8.83 Å². The number of aromatic nitrogens is 3. The summed E-state index contributed by atoms with van der Waals surface area (Å²) < 4.78 is 12.4. The van der Waals surface area contributed by atoms with Gasteiger partial charge in [0.2, 0.25) is 0 Å². The van der Waals surface area contributed by atoms with Gasteiger partial charge in [-0.1, -0.05) is 115 Å². The molecule has 0 saturated carbocycles. The summed E-state index contributed by atoms with van der Waals surface area (Å²) in [7, 11) is 0. The van der Waals surface area contributed by atoms with Gasteiger partial charge in [-0.15, -0.1) is 0 Å². The third-order valence-electron chi connectivity index (χ3n) is 10.7. The van der Waals surface area contributed by atoms with Crippen molar-refractivity contribution in [3.63, 3.8) is 0 Å². The van der Waals surface area contributed by atoms with E-state index in [1.54, 1.807) is 0 Å². The minimum atomic E-state index is 0.281. The Morgan fingerprint density at radius 2 is 1.27 bits per heavy atom. The highest BCUT2D eigenvalue weighted by Crippen LogP contribution is 2.40. The summed E-state index contributed by atoms with van der Waals surface area (Å²) in [4.78, 5) is 15.4. The summed E-state index contributed by atoms with van der Waals surface area (Å²) >= 11 is 0. The molecule has 0 radical (unpaired) electrons. The first-order chi connectivity index (χ1) is 25.7. The SMILES string of the molecule is C1=CC2C=CC(c3nc(C4=Cc5c(oc6ccccc56)CC4)nc(-c4ccc5cc(-c6cccc7oc8ccccc8c67)ccc5c4)n3)=CC2C=C1. The Labute approximate surface area is 299 Å². The molecule has 0 aliphatic heterocycles. The number of benzene rings is 5. The lowest BCUT2D eigenvalue weighted by atomic mass is 9.83. The molecule has 5 heteroatoms. The Morgan fingerprint density at radius 3 is 2.15 bits per heavy atom. The molecule has 0 fully saturated rings. The van der Waals surface area contributed by atoms with E-state index in [9.17, 15) is 0 Å². The maximum absolute atomic E-state index is 6.22. The van der Waals surface area contributed by atoms with Crippen LogP contribution in [0.1, 0.15) is 29.4 Å². The Kier molecular flexibility index (Phi) is 6.44. The molecule has 2 atom stereocenters. The number of furan rings is 2. The first-order valence-corrected chi connectivity index (χ1v) is 17.9. The van der Waals surface area contributed by atoms with Gasteiger partial charge in [-0.3, -0.25) is 0 Å². The monoisotopic (exact) mass is 669 g/mol.